The van der Waals surface area contributed by atoms with E-state index in [1.165, 1.54) is 0 Å². The lowest BCUT2D eigenvalue weighted by Gasteiger charge is -2.06. The first kappa shape index (κ1) is 15.6. The van der Waals surface area contributed by atoms with Gasteiger partial charge in [-0.1, -0.05) is 30.3 Å². The zero-order chi connectivity index (χ0) is 16.8. The van der Waals surface area contributed by atoms with Gasteiger partial charge in [-0.3, -0.25) is 5.32 Å². The zero-order valence-corrected chi connectivity index (χ0v) is 13.3. The molecule has 0 aliphatic carbocycles. The molecule has 0 saturated carbocycles. The summed E-state index contributed by atoms with van der Waals surface area (Å²) in [6, 6.07) is 18.7. The van der Waals surface area contributed by atoms with Gasteiger partial charge in [-0.05, 0) is 29.8 Å². The number of ether oxygens (including phenoxy) is 1. The molecule has 6 heteroatoms. The molecule has 1 heterocycles. The highest BCUT2D eigenvalue weighted by Gasteiger charge is 2.05. The number of para-hydroxylation sites is 1. The quantitative estimate of drug-likeness (QED) is 0.758. The van der Waals surface area contributed by atoms with E-state index in [1.54, 1.807) is 24.1 Å². The summed E-state index contributed by atoms with van der Waals surface area (Å²) in [5, 5.41) is 9.84. The van der Waals surface area contributed by atoms with Crippen LogP contribution < -0.4 is 15.4 Å². The number of benzene rings is 2. The van der Waals surface area contributed by atoms with Crippen LogP contribution in [-0.2, 0) is 6.54 Å². The molecule has 3 rings (SSSR count). The van der Waals surface area contributed by atoms with Crippen LogP contribution in [0.15, 0.2) is 66.9 Å². The molecule has 2 amide bonds. The Labute approximate surface area is 140 Å². The number of nitrogens with zero attached hydrogens (tertiary/aromatic N) is 2. The lowest BCUT2D eigenvalue weighted by molar-refractivity contribution is 0.251. The first-order chi connectivity index (χ1) is 11.7. The van der Waals surface area contributed by atoms with E-state index in [9.17, 15) is 4.79 Å². The largest absolute Gasteiger partial charge is 0.497 e. The predicted octanol–water partition coefficient (Wildman–Crippen LogP) is 3.20. The number of methoxy groups -OCH3 is 1. The number of carbonyl (C=O) groups is 1. The van der Waals surface area contributed by atoms with Crippen molar-refractivity contribution in [1.29, 1.82) is 0 Å². The minimum absolute atomic E-state index is 0.302. The van der Waals surface area contributed by atoms with E-state index in [1.807, 2.05) is 54.6 Å². The number of aromatic nitrogens is 2. The van der Waals surface area contributed by atoms with E-state index >= 15 is 0 Å². The first-order valence-corrected chi connectivity index (χ1v) is 7.53. The second kappa shape index (κ2) is 7.32. The standard InChI is InChI=1S/C18H18N4O2/c1-24-16-9-7-14(8-10-16)13-19-18(23)20-17-11-12-22(21-17)15-5-3-2-4-6-15/h2-12H,13H2,1H3,(H2,19,20,21,23). The van der Waals surface area contributed by atoms with Gasteiger partial charge in [0.25, 0.3) is 0 Å². The molecule has 3 aromatic rings. The Morgan fingerprint density at radius 2 is 1.83 bits per heavy atom. The molecule has 0 aliphatic heterocycles. The van der Waals surface area contributed by atoms with Crippen LogP contribution in [0.25, 0.3) is 5.69 Å². The molecule has 2 aromatic carbocycles. The van der Waals surface area contributed by atoms with Crippen molar-refractivity contribution in [2.75, 3.05) is 12.4 Å². The topological polar surface area (TPSA) is 68.2 Å². The number of nitrogens with one attached hydrogen (secondary N) is 2. The van der Waals surface area contributed by atoms with Crippen LogP contribution in [0.2, 0.25) is 0 Å². The fourth-order valence-corrected chi connectivity index (χ4v) is 2.20. The van der Waals surface area contributed by atoms with Gasteiger partial charge in [-0.25, -0.2) is 9.48 Å². The number of anilines is 1. The van der Waals surface area contributed by atoms with Crippen molar-refractivity contribution in [3.8, 4) is 11.4 Å². The van der Waals surface area contributed by atoms with Crippen LogP contribution in [0.4, 0.5) is 10.6 Å². The van der Waals surface area contributed by atoms with E-state index in [4.69, 9.17) is 4.74 Å². The van der Waals surface area contributed by atoms with Crippen LogP contribution in [0.5, 0.6) is 5.75 Å². The van der Waals surface area contributed by atoms with E-state index in [0.717, 1.165) is 17.0 Å². The van der Waals surface area contributed by atoms with Crippen molar-refractivity contribution >= 4 is 11.8 Å². The fourth-order valence-electron chi connectivity index (χ4n) is 2.20. The Kier molecular flexibility index (Phi) is 4.76. The summed E-state index contributed by atoms with van der Waals surface area (Å²) in [6.45, 7) is 0.426. The van der Waals surface area contributed by atoms with Gasteiger partial charge in [0, 0.05) is 18.8 Å². The van der Waals surface area contributed by atoms with Crippen LogP contribution in [0.1, 0.15) is 5.56 Å². The Morgan fingerprint density at radius 3 is 2.54 bits per heavy atom. The van der Waals surface area contributed by atoms with Crippen LogP contribution in [-0.4, -0.2) is 22.9 Å². The predicted molar refractivity (Wildman–Crippen MR) is 92.4 cm³/mol. The smallest absolute Gasteiger partial charge is 0.320 e. The van der Waals surface area contributed by atoms with Gasteiger partial charge in [0.15, 0.2) is 5.82 Å². The maximum Gasteiger partial charge on any atom is 0.320 e. The molecule has 0 radical (unpaired) electrons. The van der Waals surface area contributed by atoms with Crippen molar-refractivity contribution in [2.45, 2.75) is 6.54 Å². The summed E-state index contributed by atoms with van der Waals surface area (Å²) in [7, 11) is 1.62. The Bertz CT molecular complexity index is 797. The van der Waals surface area contributed by atoms with E-state index in [-0.39, 0.29) is 6.03 Å². The summed E-state index contributed by atoms with van der Waals surface area (Å²) >= 11 is 0. The van der Waals surface area contributed by atoms with Crippen molar-refractivity contribution in [2.24, 2.45) is 0 Å². The number of hydrogen-bond acceptors (Lipinski definition) is 3. The highest BCUT2D eigenvalue weighted by molar-refractivity contribution is 5.88. The molecule has 0 aliphatic rings. The van der Waals surface area contributed by atoms with E-state index in [2.05, 4.69) is 15.7 Å². The highest BCUT2D eigenvalue weighted by atomic mass is 16.5. The molecule has 2 N–H and O–H groups in total. The van der Waals surface area contributed by atoms with Gasteiger partial charge in [0.05, 0.1) is 12.8 Å². The van der Waals surface area contributed by atoms with Gasteiger partial charge in [-0.15, -0.1) is 5.10 Å². The molecular weight excluding hydrogens is 304 g/mol. The van der Waals surface area contributed by atoms with Crippen LogP contribution >= 0.6 is 0 Å². The Hall–Kier alpha value is -3.28. The minimum Gasteiger partial charge on any atom is -0.497 e. The second-order valence-corrected chi connectivity index (χ2v) is 5.14. The van der Waals surface area contributed by atoms with E-state index < -0.39 is 0 Å². The molecule has 0 saturated heterocycles. The number of rotatable bonds is 5. The molecule has 122 valence electrons. The lowest BCUT2D eigenvalue weighted by Crippen LogP contribution is -2.28. The average Bonchev–Trinajstić information content (AvgIpc) is 3.09. The molecule has 0 spiro atoms. The number of amides is 2. The van der Waals surface area contributed by atoms with Crippen molar-refractivity contribution in [3.05, 3.63) is 72.4 Å². The van der Waals surface area contributed by atoms with E-state index in [0.29, 0.717) is 12.4 Å². The van der Waals surface area contributed by atoms with Crippen LogP contribution in [0.3, 0.4) is 0 Å². The average molecular weight is 322 g/mol. The Balaban J connectivity index is 1.54. The summed E-state index contributed by atoms with van der Waals surface area (Å²) < 4.78 is 6.81. The zero-order valence-electron chi connectivity index (χ0n) is 13.3. The molecule has 6 nitrogen and oxygen atoms in total. The monoisotopic (exact) mass is 322 g/mol. The summed E-state index contributed by atoms with van der Waals surface area (Å²) in [5.41, 5.74) is 1.92. The molecule has 0 atom stereocenters. The third-order valence-electron chi connectivity index (χ3n) is 3.46. The maximum atomic E-state index is 12.0. The summed E-state index contributed by atoms with van der Waals surface area (Å²) in [4.78, 5) is 12.0. The second-order valence-electron chi connectivity index (χ2n) is 5.14. The fraction of sp³-hybridized carbons (Fsp3) is 0.111. The minimum atomic E-state index is -0.302. The number of hydrogen-bond donors (Lipinski definition) is 2. The molecule has 0 bridgehead atoms. The normalized spacial score (nSPS) is 10.2. The molecule has 0 fully saturated rings. The lowest BCUT2D eigenvalue weighted by atomic mass is 10.2. The van der Waals surface area contributed by atoms with Crippen LogP contribution in [0, 0.1) is 0 Å². The van der Waals surface area contributed by atoms with Crippen molar-refractivity contribution in [1.82, 2.24) is 15.1 Å². The molecule has 0 unspecified atom stereocenters. The van der Waals surface area contributed by atoms with Gasteiger partial charge in [0.1, 0.15) is 5.75 Å². The number of urea groups is 1. The molecular formula is C18H18N4O2. The number of carbonyl (C=O) groups excluding carboxylic acids is 1. The third kappa shape index (κ3) is 3.92. The SMILES string of the molecule is COc1ccc(CNC(=O)Nc2ccn(-c3ccccc3)n2)cc1. The van der Waals surface area contributed by atoms with Gasteiger partial charge in [-0.2, -0.15) is 0 Å². The maximum absolute atomic E-state index is 12.0. The van der Waals surface area contributed by atoms with Gasteiger partial charge in [0.2, 0.25) is 0 Å². The molecule has 24 heavy (non-hydrogen) atoms. The van der Waals surface area contributed by atoms with Gasteiger partial charge >= 0.3 is 6.03 Å². The summed E-state index contributed by atoms with van der Waals surface area (Å²) in [6.07, 6.45) is 1.80. The molecule has 1 aromatic heterocycles. The third-order valence-corrected chi connectivity index (χ3v) is 3.46. The van der Waals surface area contributed by atoms with Crippen molar-refractivity contribution in [3.63, 3.8) is 0 Å². The first-order valence-electron chi connectivity index (χ1n) is 7.53. The summed E-state index contributed by atoms with van der Waals surface area (Å²) in [5.74, 6) is 1.28. The van der Waals surface area contributed by atoms with Crippen molar-refractivity contribution < 1.29 is 9.53 Å². The Morgan fingerprint density at radius 1 is 1.08 bits per heavy atom. The highest BCUT2D eigenvalue weighted by Crippen LogP contribution is 2.12. The van der Waals surface area contributed by atoms with Gasteiger partial charge < -0.3 is 10.1 Å².